The lowest BCUT2D eigenvalue weighted by molar-refractivity contribution is 0.0705. The molecule has 0 atom stereocenters. The molecule has 3 nitrogen and oxygen atoms in total. The van der Waals surface area contributed by atoms with Gasteiger partial charge in [-0.15, -0.1) is 0 Å². The average molecular weight is 203 g/mol. The Labute approximate surface area is 88.6 Å². The van der Waals surface area contributed by atoms with Crippen LogP contribution in [-0.4, -0.2) is 39.5 Å². The molecular formula is C11H25NO2. The summed E-state index contributed by atoms with van der Waals surface area (Å²) < 4.78 is 10.3. The molecule has 1 aliphatic carbocycles. The van der Waals surface area contributed by atoms with Crippen molar-refractivity contribution in [3.05, 3.63) is 0 Å². The van der Waals surface area contributed by atoms with E-state index in [-0.39, 0.29) is 1.43 Å². The zero-order valence-corrected chi connectivity index (χ0v) is 9.26. The second kappa shape index (κ2) is 8.21. The highest BCUT2D eigenvalue weighted by molar-refractivity contribution is 4.71. The molecule has 1 aliphatic rings. The molecule has 3 heteroatoms. The first-order valence-corrected chi connectivity index (χ1v) is 5.73. The molecule has 0 amide bonds. The first-order chi connectivity index (χ1) is 6.93. The van der Waals surface area contributed by atoms with Gasteiger partial charge < -0.3 is 14.8 Å². The van der Waals surface area contributed by atoms with Crippen LogP contribution in [0.1, 0.15) is 33.5 Å². The predicted octanol–water partition coefficient (Wildman–Crippen LogP) is 1.82. The molecule has 0 saturated heterocycles. The minimum absolute atomic E-state index is 0. The highest BCUT2D eigenvalue weighted by Gasteiger charge is 2.11. The number of ether oxygens (including phenoxy) is 2. The molecule has 0 aromatic rings. The van der Waals surface area contributed by atoms with Crippen LogP contribution in [0.4, 0.5) is 0 Å². The molecule has 0 unspecified atom stereocenters. The molecule has 0 aliphatic heterocycles. The molecule has 0 aromatic carbocycles. The van der Waals surface area contributed by atoms with Crippen LogP contribution >= 0.6 is 0 Å². The molecule has 14 heavy (non-hydrogen) atoms. The van der Waals surface area contributed by atoms with Crippen LogP contribution in [0.3, 0.4) is 0 Å². The molecule has 86 valence electrons. The number of hydrogen-bond donors (Lipinski definition) is 1. The Morgan fingerprint density at radius 1 is 1.14 bits per heavy atom. The van der Waals surface area contributed by atoms with Crippen molar-refractivity contribution in [2.24, 2.45) is 0 Å². The summed E-state index contributed by atoms with van der Waals surface area (Å²) in [6.07, 6.45) is 6.89. The predicted molar refractivity (Wildman–Crippen MR) is 59.7 cm³/mol. The number of nitrogens with one attached hydrogen (secondary N) is 1. The summed E-state index contributed by atoms with van der Waals surface area (Å²) in [5, 5.41) is 3.53. The summed E-state index contributed by atoms with van der Waals surface area (Å²) in [5.74, 6) is 0. The van der Waals surface area contributed by atoms with E-state index in [4.69, 9.17) is 9.47 Å². The van der Waals surface area contributed by atoms with Crippen LogP contribution in [0.25, 0.3) is 0 Å². The summed E-state index contributed by atoms with van der Waals surface area (Å²) in [7, 11) is 1.70. The quantitative estimate of drug-likeness (QED) is 0.640. The molecule has 0 heterocycles. The average Bonchev–Trinajstić information content (AvgIpc) is 2.25. The Morgan fingerprint density at radius 3 is 2.64 bits per heavy atom. The van der Waals surface area contributed by atoms with Crippen LogP contribution in [0.5, 0.6) is 0 Å². The Balaban J connectivity index is 0.00000196. The van der Waals surface area contributed by atoms with E-state index >= 15 is 0 Å². The van der Waals surface area contributed by atoms with Gasteiger partial charge in [0.15, 0.2) is 0 Å². The largest absolute Gasteiger partial charge is 0.382 e. The first-order valence-electron chi connectivity index (χ1n) is 5.73. The zero-order chi connectivity index (χ0) is 10.1. The third-order valence-electron chi connectivity index (χ3n) is 2.72. The van der Waals surface area contributed by atoms with Gasteiger partial charge in [0.1, 0.15) is 0 Å². The molecule has 1 saturated carbocycles. The second-order valence-electron chi connectivity index (χ2n) is 3.89. The third kappa shape index (κ3) is 5.58. The number of hydrogen-bond acceptors (Lipinski definition) is 3. The van der Waals surface area contributed by atoms with Crippen LogP contribution < -0.4 is 5.32 Å². The lowest BCUT2D eigenvalue weighted by Gasteiger charge is -2.22. The number of methoxy groups -OCH3 is 1. The van der Waals surface area contributed by atoms with Gasteiger partial charge in [-0.3, -0.25) is 0 Å². The van der Waals surface area contributed by atoms with E-state index in [2.05, 4.69) is 5.32 Å². The lowest BCUT2D eigenvalue weighted by Crippen LogP contribution is -2.33. The van der Waals surface area contributed by atoms with Crippen molar-refractivity contribution in [1.82, 2.24) is 5.32 Å². The van der Waals surface area contributed by atoms with Crippen LogP contribution in [0.2, 0.25) is 0 Å². The molecule has 0 spiro atoms. The van der Waals surface area contributed by atoms with E-state index in [1.807, 2.05) is 0 Å². The topological polar surface area (TPSA) is 30.5 Å². The van der Waals surface area contributed by atoms with Crippen molar-refractivity contribution < 1.29 is 10.9 Å². The van der Waals surface area contributed by atoms with Crippen molar-refractivity contribution in [3.63, 3.8) is 0 Å². The highest BCUT2D eigenvalue weighted by Crippen LogP contribution is 2.16. The van der Waals surface area contributed by atoms with Gasteiger partial charge in [-0.05, 0) is 12.8 Å². The summed E-state index contributed by atoms with van der Waals surface area (Å²) in [6.45, 7) is 3.19. The molecule has 1 fully saturated rings. The van der Waals surface area contributed by atoms with Crippen molar-refractivity contribution in [1.29, 1.82) is 0 Å². The zero-order valence-electron chi connectivity index (χ0n) is 9.26. The van der Waals surface area contributed by atoms with E-state index < -0.39 is 0 Å². The third-order valence-corrected chi connectivity index (χ3v) is 2.72. The van der Waals surface area contributed by atoms with Crippen LogP contribution in [0, 0.1) is 0 Å². The fourth-order valence-corrected chi connectivity index (χ4v) is 1.89. The maximum Gasteiger partial charge on any atom is 0.0700 e. The fourth-order valence-electron chi connectivity index (χ4n) is 1.89. The number of rotatable bonds is 7. The van der Waals surface area contributed by atoms with Gasteiger partial charge >= 0.3 is 0 Å². The van der Waals surface area contributed by atoms with Gasteiger partial charge in [0, 0.05) is 21.1 Å². The Morgan fingerprint density at radius 2 is 1.93 bits per heavy atom. The van der Waals surface area contributed by atoms with Gasteiger partial charge in [0.2, 0.25) is 0 Å². The van der Waals surface area contributed by atoms with Gasteiger partial charge in [-0.2, -0.15) is 0 Å². The van der Waals surface area contributed by atoms with E-state index in [1.54, 1.807) is 7.11 Å². The summed E-state index contributed by atoms with van der Waals surface area (Å²) in [6, 6.07) is 0.745. The SMILES string of the molecule is COCCOCCNC1CCCCC1.[HH]. The molecular weight excluding hydrogens is 178 g/mol. The monoisotopic (exact) mass is 203 g/mol. The molecule has 0 radical (unpaired) electrons. The summed E-state index contributed by atoms with van der Waals surface area (Å²) >= 11 is 0. The standard InChI is InChI=1S/C11H23NO2.H2/c1-13-9-10-14-8-7-12-11-5-3-2-4-6-11;/h11-12H,2-10H2,1H3;1H. The normalized spacial score (nSPS) is 18.6. The first kappa shape index (κ1) is 12.0. The van der Waals surface area contributed by atoms with E-state index in [9.17, 15) is 0 Å². The highest BCUT2D eigenvalue weighted by atomic mass is 16.5. The van der Waals surface area contributed by atoms with Gasteiger partial charge in [-0.1, -0.05) is 19.3 Å². The minimum atomic E-state index is 0. The molecule has 0 aromatic heterocycles. The Bertz CT molecular complexity index is 130. The minimum Gasteiger partial charge on any atom is -0.382 e. The molecule has 1 rings (SSSR count). The summed E-state index contributed by atoms with van der Waals surface area (Å²) in [5.41, 5.74) is 0. The van der Waals surface area contributed by atoms with Crippen molar-refractivity contribution in [3.8, 4) is 0 Å². The fraction of sp³-hybridized carbons (Fsp3) is 1.00. The lowest BCUT2D eigenvalue weighted by atomic mass is 9.96. The van der Waals surface area contributed by atoms with Gasteiger partial charge in [-0.25, -0.2) is 0 Å². The Hall–Kier alpha value is -0.120. The maximum absolute atomic E-state index is 5.38. The van der Waals surface area contributed by atoms with Gasteiger partial charge in [0.05, 0.1) is 19.8 Å². The van der Waals surface area contributed by atoms with Crippen LogP contribution in [0.15, 0.2) is 0 Å². The maximum atomic E-state index is 5.38. The van der Waals surface area contributed by atoms with Crippen LogP contribution in [-0.2, 0) is 9.47 Å². The smallest absolute Gasteiger partial charge is 0.0700 e. The Kier molecular flexibility index (Phi) is 7.01. The van der Waals surface area contributed by atoms with Crippen molar-refractivity contribution in [2.45, 2.75) is 38.1 Å². The van der Waals surface area contributed by atoms with E-state index in [0.29, 0.717) is 13.2 Å². The van der Waals surface area contributed by atoms with Gasteiger partial charge in [0.25, 0.3) is 0 Å². The second-order valence-corrected chi connectivity index (χ2v) is 3.89. The molecule has 0 bridgehead atoms. The summed E-state index contributed by atoms with van der Waals surface area (Å²) in [4.78, 5) is 0. The van der Waals surface area contributed by atoms with Crippen molar-refractivity contribution >= 4 is 0 Å². The van der Waals surface area contributed by atoms with Crippen molar-refractivity contribution in [2.75, 3.05) is 33.5 Å². The molecule has 1 N–H and O–H groups in total. The van der Waals surface area contributed by atoms with E-state index in [0.717, 1.165) is 19.2 Å². The van der Waals surface area contributed by atoms with E-state index in [1.165, 1.54) is 32.1 Å².